The molecule has 1 aromatic carbocycles. The summed E-state index contributed by atoms with van der Waals surface area (Å²) < 4.78 is 22.7. The smallest absolute Gasteiger partial charge is 0.161 e. The molecule has 0 aromatic heterocycles. The van der Waals surface area contributed by atoms with Crippen molar-refractivity contribution >= 4 is 10.8 Å². The number of ether oxygens (including phenoxy) is 2. The average molecular weight is 284 g/mol. The summed E-state index contributed by atoms with van der Waals surface area (Å²) in [4.78, 5) is 0. The van der Waals surface area contributed by atoms with Gasteiger partial charge in [0.2, 0.25) is 0 Å². The molecule has 1 unspecified atom stereocenters. The number of rotatable bonds is 6. The molecule has 4 heteroatoms. The van der Waals surface area contributed by atoms with E-state index < -0.39 is 10.8 Å². The third kappa shape index (κ3) is 4.86. The maximum Gasteiger partial charge on any atom is 0.161 e. The first-order chi connectivity index (χ1) is 8.88. The Balaban J connectivity index is 2.74. The molecule has 19 heavy (non-hydrogen) atoms. The van der Waals surface area contributed by atoms with Crippen molar-refractivity contribution in [3.63, 3.8) is 0 Å². The Labute approximate surface area is 118 Å². The lowest BCUT2D eigenvalue weighted by atomic mass is 10.1. The zero-order valence-electron chi connectivity index (χ0n) is 12.5. The van der Waals surface area contributed by atoms with Gasteiger partial charge in [-0.1, -0.05) is 6.07 Å². The van der Waals surface area contributed by atoms with Gasteiger partial charge in [-0.2, -0.15) is 0 Å². The fourth-order valence-corrected chi connectivity index (χ4v) is 2.70. The van der Waals surface area contributed by atoms with Gasteiger partial charge in [-0.3, -0.25) is 4.21 Å². The van der Waals surface area contributed by atoms with Gasteiger partial charge in [0.05, 0.1) is 13.7 Å². The molecule has 3 nitrogen and oxygen atoms in total. The Bertz CT molecular complexity index is 436. The van der Waals surface area contributed by atoms with E-state index in [0.717, 1.165) is 23.5 Å². The predicted molar refractivity (Wildman–Crippen MR) is 80.6 cm³/mol. The number of methoxy groups -OCH3 is 1. The molecule has 1 rings (SSSR count). The molecule has 0 aliphatic carbocycles. The number of hydrogen-bond acceptors (Lipinski definition) is 3. The summed E-state index contributed by atoms with van der Waals surface area (Å²) in [5.41, 5.74) is 1.13. The van der Waals surface area contributed by atoms with Crippen LogP contribution in [0.25, 0.3) is 0 Å². The first-order valence-electron chi connectivity index (χ1n) is 6.56. The zero-order valence-corrected chi connectivity index (χ0v) is 13.3. The van der Waals surface area contributed by atoms with Crippen molar-refractivity contribution in [1.29, 1.82) is 0 Å². The van der Waals surface area contributed by atoms with Crippen molar-refractivity contribution in [3.05, 3.63) is 23.8 Å². The molecule has 0 saturated heterocycles. The van der Waals surface area contributed by atoms with E-state index in [-0.39, 0.29) is 4.75 Å². The van der Waals surface area contributed by atoms with E-state index in [2.05, 4.69) is 0 Å². The van der Waals surface area contributed by atoms with E-state index in [1.165, 1.54) is 0 Å². The molecule has 0 amide bonds. The topological polar surface area (TPSA) is 35.5 Å². The summed E-state index contributed by atoms with van der Waals surface area (Å²) in [7, 11) is 0.804. The van der Waals surface area contributed by atoms with Crippen LogP contribution in [0.5, 0.6) is 11.5 Å². The molecule has 0 fully saturated rings. The van der Waals surface area contributed by atoms with Gasteiger partial charge in [-0.25, -0.2) is 0 Å². The molecule has 1 aromatic rings. The Kier molecular flexibility index (Phi) is 5.85. The summed E-state index contributed by atoms with van der Waals surface area (Å²) in [5.74, 6) is 2.16. The van der Waals surface area contributed by atoms with Crippen molar-refractivity contribution < 1.29 is 13.7 Å². The maximum atomic E-state index is 12.0. The third-order valence-electron chi connectivity index (χ3n) is 2.79. The predicted octanol–water partition coefficient (Wildman–Crippen LogP) is 3.18. The molecule has 0 saturated carbocycles. The molecule has 0 radical (unpaired) electrons. The van der Waals surface area contributed by atoms with Crippen LogP contribution in [0, 0.1) is 0 Å². The summed E-state index contributed by atoms with van der Waals surface area (Å²) in [6, 6.07) is 5.88. The molecule has 0 N–H and O–H groups in total. The standard InChI is InChI=1S/C15H24O3S/c1-6-18-14-11-12(7-8-13(14)17-5)9-10-19(16)15(2,3)4/h7-8,11H,6,9-10H2,1-5H3. The average Bonchev–Trinajstić information content (AvgIpc) is 2.35. The molecule has 0 aliphatic rings. The van der Waals surface area contributed by atoms with E-state index in [1.807, 2.05) is 45.9 Å². The Morgan fingerprint density at radius 3 is 2.42 bits per heavy atom. The lowest BCUT2D eigenvalue weighted by molar-refractivity contribution is 0.310. The highest BCUT2D eigenvalue weighted by Gasteiger charge is 2.19. The molecular formula is C15H24O3S. The highest BCUT2D eigenvalue weighted by atomic mass is 32.2. The molecule has 1 atom stereocenters. The van der Waals surface area contributed by atoms with Gasteiger partial charge in [0.15, 0.2) is 11.5 Å². The van der Waals surface area contributed by atoms with Gasteiger partial charge >= 0.3 is 0 Å². The van der Waals surface area contributed by atoms with Crippen LogP contribution in [0.2, 0.25) is 0 Å². The van der Waals surface area contributed by atoms with Crippen LogP contribution in [0.4, 0.5) is 0 Å². The second-order valence-electron chi connectivity index (χ2n) is 5.33. The van der Waals surface area contributed by atoms with E-state index in [4.69, 9.17) is 9.47 Å². The van der Waals surface area contributed by atoms with Crippen LogP contribution in [0.1, 0.15) is 33.3 Å². The lowest BCUT2D eigenvalue weighted by Gasteiger charge is -2.17. The van der Waals surface area contributed by atoms with Crippen molar-refractivity contribution in [3.8, 4) is 11.5 Å². The number of aryl methyl sites for hydroxylation is 1. The molecule has 108 valence electrons. The van der Waals surface area contributed by atoms with Gasteiger partial charge < -0.3 is 9.47 Å². The van der Waals surface area contributed by atoms with Crippen molar-refractivity contribution in [1.82, 2.24) is 0 Å². The first-order valence-corrected chi connectivity index (χ1v) is 7.88. The van der Waals surface area contributed by atoms with Crippen LogP contribution in [-0.4, -0.2) is 28.4 Å². The molecule has 0 bridgehead atoms. The lowest BCUT2D eigenvalue weighted by Crippen LogP contribution is -2.24. The number of hydrogen-bond donors (Lipinski definition) is 0. The maximum absolute atomic E-state index is 12.0. The van der Waals surface area contributed by atoms with E-state index in [0.29, 0.717) is 12.4 Å². The minimum absolute atomic E-state index is 0.158. The SMILES string of the molecule is CCOc1cc(CCS(=O)C(C)(C)C)ccc1OC. The van der Waals surface area contributed by atoms with E-state index in [9.17, 15) is 4.21 Å². The second-order valence-corrected chi connectivity index (χ2v) is 7.65. The largest absolute Gasteiger partial charge is 0.493 e. The van der Waals surface area contributed by atoms with Crippen LogP contribution in [0.3, 0.4) is 0 Å². The van der Waals surface area contributed by atoms with Gasteiger partial charge in [0, 0.05) is 21.3 Å². The Morgan fingerprint density at radius 1 is 1.21 bits per heavy atom. The minimum atomic E-state index is -0.827. The monoisotopic (exact) mass is 284 g/mol. The Morgan fingerprint density at radius 2 is 1.89 bits per heavy atom. The van der Waals surface area contributed by atoms with Crippen LogP contribution in [0.15, 0.2) is 18.2 Å². The fraction of sp³-hybridized carbons (Fsp3) is 0.600. The molecule has 0 heterocycles. The normalized spacial score (nSPS) is 13.1. The van der Waals surface area contributed by atoms with Gasteiger partial charge in [-0.05, 0) is 51.8 Å². The van der Waals surface area contributed by atoms with E-state index in [1.54, 1.807) is 7.11 Å². The third-order valence-corrected chi connectivity index (χ3v) is 4.73. The highest BCUT2D eigenvalue weighted by Crippen LogP contribution is 2.28. The van der Waals surface area contributed by atoms with E-state index >= 15 is 0 Å². The minimum Gasteiger partial charge on any atom is -0.493 e. The van der Waals surface area contributed by atoms with Crippen molar-refractivity contribution in [2.45, 2.75) is 38.9 Å². The summed E-state index contributed by atoms with van der Waals surface area (Å²) >= 11 is 0. The fourth-order valence-electron chi connectivity index (χ4n) is 1.66. The van der Waals surface area contributed by atoms with Gasteiger partial charge in [-0.15, -0.1) is 0 Å². The molecule has 0 spiro atoms. The second kappa shape index (κ2) is 6.94. The van der Waals surface area contributed by atoms with Crippen LogP contribution >= 0.6 is 0 Å². The van der Waals surface area contributed by atoms with Crippen LogP contribution in [-0.2, 0) is 17.2 Å². The summed E-state index contributed by atoms with van der Waals surface area (Å²) in [6.45, 7) is 8.56. The summed E-state index contributed by atoms with van der Waals surface area (Å²) in [6.07, 6.45) is 0.786. The van der Waals surface area contributed by atoms with Crippen LogP contribution < -0.4 is 9.47 Å². The summed E-state index contributed by atoms with van der Waals surface area (Å²) in [5, 5.41) is 0. The first kappa shape index (κ1) is 16.0. The zero-order chi connectivity index (χ0) is 14.5. The molecular weight excluding hydrogens is 260 g/mol. The highest BCUT2D eigenvalue weighted by molar-refractivity contribution is 7.86. The Hall–Kier alpha value is -1.03. The van der Waals surface area contributed by atoms with Crippen molar-refractivity contribution in [2.75, 3.05) is 19.5 Å². The van der Waals surface area contributed by atoms with Crippen molar-refractivity contribution in [2.24, 2.45) is 0 Å². The molecule has 0 aliphatic heterocycles. The number of benzene rings is 1. The van der Waals surface area contributed by atoms with Gasteiger partial charge in [0.25, 0.3) is 0 Å². The van der Waals surface area contributed by atoms with Gasteiger partial charge in [0.1, 0.15) is 0 Å². The quantitative estimate of drug-likeness (QED) is 0.805.